The van der Waals surface area contributed by atoms with Crippen molar-refractivity contribution in [3.05, 3.63) is 144 Å². The van der Waals surface area contributed by atoms with Crippen LogP contribution in [0.15, 0.2) is 116 Å². The Morgan fingerprint density at radius 3 is 2.17 bits per heavy atom. The summed E-state index contributed by atoms with van der Waals surface area (Å²) < 4.78 is 31.3. The van der Waals surface area contributed by atoms with Gasteiger partial charge in [-0.05, 0) is 64.9 Å². The minimum atomic E-state index is -1.10. The Morgan fingerprint density at radius 1 is 0.879 bits per heavy atom. The number of alkyl carbamates (subject to hydrolysis) is 1. The number of nitrogens with one attached hydrogen (secondary N) is 2. The van der Waals surface area contributed by atoms with Crippen molar-refractivity contribution in [3.63, 3.8) is 0 Å². The fourth-order valence-electron chi connectivity index (χ4n) is 6.87. The topological polar surface area (TPSA) is 168 Å². The van der Waals surface area contributed by atoms with E-state index in [0.717, 1.165) is 28.0 Å². The molecule has 1 unspecified atom stereocenters. The van der Waals surface area contributed by atoms with Crippen LogP contribution in [0.5, 0.6) is 11.5 Å². The first-order valence-corrected chi connectivity index (χ1v) is 20.0. The van der Waals surface area contributed by atoms with E-state index in [1.165, 1.54) is 6.33 Å². The van der Waals surface area contributed by atoms with E-state index in [1.807, 2.05) is 85.1 Å². The van der Waals surface area contributed by atoms with Gasteiger partial charge >= 0.3 is 6.09 Å². The summed E-state index contributed by atoms with van der Waals surface area (Å²) in [4.78, 5) is 38.4. The number of aromatic nitrogens is 4. The molecule has 4 aromatic carbocycles. The first-order chi connectivity index (χ1) is 28.3. The van der Waals surface area contributed by atoms with Crippen LogP contribution in [0.25, 0.3) is 11.2 Å². The molecule has 1 aliphatic heterocycles. The third kappa shape index (κ3) is 8.77. The zero-order valence-electron chi connectivity index (χ0n) is 32.2. The van der Waals surface area contributed by atoms with Crippen LogP contribution < -0.4 is 20.1 Å². The number of imidazole rings is 1. The number of thioether (sulfide) groups is 1. The molecule has 0 aliphatic carbocycles. The van der Waals surface area contributed by atoms with Crippen molar-refractivity contribution in [1.82, 2.24) is 24.8 Å². The summed E-state index contributed by atoms with van der Waals surface area (Å²) in [6.07, 6.45) is 2.35. The predicted molar refractivity (Wildman–Crippen MR) is 219 cm³/mol. The van der Waals surface area contributed by atoms with Gasteiger partial charge in [-0.15, -0.1) is 0 Å². The van der Waals surface area contributed by atoms with E-state index in [-0.39, 0.29) is 25.4 Å². The Hall–Kier alpha value is -6.00. The van der Waals surface area contributed by atoms with Gasteiger partial charge in [-0.2, -0.15) is 11.8 Å². The van der Waals surface area contributed by atoms with Gasteiger partial charge in [-0.25, -0.2) is 19.7 Å². The maximum Gasteiger partial charge on any atom is 0.407 e. The molecule has 0 radical (unpaired) electrons. The second-order valence-electron chi connectivity index (χ2n) is 13.4. The van der Waals surface area contributed by atoms with Gasteiger partial charge < -0.3 is 39.4 Å². The number of amides is 2. The number of rotatable bonds is 16. The monoisotopic (exact) mass is 804 g/mol. The zero-order valence-corrected chi connectivity index (χ0v) is 33.1. The molecule has 14 nitrogen and oxygen atoms in total. The van der Waals surface area contributed by atoms with E-state index in [0.29, 0.717) is 34.8 Å². The van der Waals surface area contributed by atoms with Crippen LogP contribution in [-0.4, -0.2) is 88.3 Å². The molecule has 0 bridgehead atoms. The number of methoxy groups -OCH3 is 2. The van der Waals surface area contributed by atoms with Gasteiger partial charge in [-0.1, -0.05) is 66.7 Å². The molecule has 2 amide bonds. The smallest absolute Gasteiger partial charge is 0.407 e. The highest BCUT2D eigenvalue weighted by molar-refractivity contribution is 7.98. The normalized spacial score (nSPS) is 16.5. The Balaban J connectivity index is 1.07. The van der Waals surface area contributed by atoms with Gasteiger partial charge in [0, 0.05) is 24.3 Å². The predicted octanol–water partition coefficient (Wildman–Crippen LogP) is 6.34. The molecular weight excluding hydrogens is 761 g/mol. The van der Waals surface area contributed by atoms with Crippen molar-refractivity contribution < 1.29 is 38.4 Å². The molecule has 6 aromatic rings. The highest BCUT2D eigenvalue weighted by atomic mass is 32.2. The van der Waals surface area contributed by atoms with E-state index in [2.05, 4.69) is 25.6 Å². The lowest BCUT2D eigenvalue weighted by Gasteiger charge is -2.37. The standard InChI is InChI=1S/C43H44N6O8S/c1-53-33-17-13-31(14-18-33)43(30-7-5-4-6-8-30,32-15-19-34(54-2)20-16-32)56-25-36-35(50)23-37(57-36)49-27-47-38-39(45-26-46-40(38)49)48-41(51)29-11-9-28(10-12-29)24-44-42(52)55-21-22-58-3/h4-20,26-27,35-37,50H,21-25H2,1-3H3,(H,44,52)(H,45,46,48,51)/t35?,36-,37-/m1/s1. The Labute approximate surface area is 339 Å². The largest absolute Gasteiger partial charge is 0.497 e. The van der Waals surface area contributed by atoms with E-state index < -0.39 is 36.0 Å². The van der Waals surface area contributed by atoms with Crippen LogP contribution in [-0.2, 0) is 26.4 Å². The van der Waals surface area contributed by atoms with Crippen molar-refractivity contribution in [3.8, 4) is 11.5 Å². The number of carbonyl (C=O) groups excluding carboxylic acids is 2. The number of hydrogen-bond donors (Lipinski definition) is 3. The van der Waals surface area contributed by atoms with Gasteiger partial charge in [0.25, 0.3) is 5.91 Å². The summed E-state index contributed by atoms with van der Waals surface area (Å²) >= 11 is 1.59. The van der Waals surface area contributed by atoms with Gasteiger partial charge in [-0.3, -0.25) is 9.36 Å². The SMILES string of the molecule is COc1ccc(C(OC[C@H]2O[C@@H](n3cnc4c(NC(=O)c5ccc(CNC(=O)OCCSC)cc5)ncnc43)CC2O)(c2ccccc2)c2ccc(OC)cc2)cc1. The molecule has 0 saturated carbocycles. The van der Waals surface area contributed by atoms with E-state index in [1.54, 1.807) is 61.1 Å². The molecule has 2 aromatic heterocycles. The third-order valence-electron chi connectivity index (χ3n) is 9.92. The van der Waals surface area contributed by atoms with E-state index in [9.17, 15) is 14.7 Å². The fraction of sp³-hybridized carbons (Fsp3) is 0.279. The molecule has 15 heteroatoms. The molecule has 3 heterocycles. The number of fused-ring (bicyclic) bond motifs is 1. The van der Waals surface area contributed by atoms with Gasteiger partial charge in [0.2, 0.25) is 0 Å². The summed E-state index contributed by atoms with van der Waals surface area (Å²) in [5.41, 5.74) is 3.46. The molecular formula is C43H44N6O8S. The molecule has 300 valence electrons. The summed E-state index contributed by atoms with van der Waals surface area (Å²) in [6.45, 7) is 0.623. The zero-order chi connectivity index (χ0) is 40.5. The summed E-state index contributed by atoms with van der Waals surface area (Å²) in [6, 6.07) is 32.2. The average Bonchev–Trinajstić information content (AvgIpc) is 3.87. The molecule has 1 aliphatic rings. The van der Waals surface area contributed by atoms with Crippen LogP contribution in [0.2, 0.25) is 0 Å². The molecule has 1 saturated heterocycles. The highest BCUT2D eigenvalue weighted by Gasteiger charge is 2.42. The molecule has 58 heavy (non-hydrogen) atoms. The van der Waals surface area contributed by atoms with Crippen molar-refractivity contribution in [2.75, 3.05) is 44.8 Å². The number of benzene rings is 4. The van der Waals surface area contributed by atoms with Crippen LogP contribution in [0, 0.1) is 0 Å². The van der Waals surface area contributed by atoms with E-state index in [4.69, 9.17) is 23.7 Å². The number of carbonyl (C=O) groups is 2. The first kappa shape index (κ1) is 40.2. The van der Waals surface area contributed by atoms with Gasteiger partial charge in [0.05, 0.1) is 33.3 Å². The first-order valence-electron chi connectivity index (χ1n) is 18.6. The summed E-state index contributed by atoms with van der Waals surface area (Å²) in [5.74, 6) is 1.96. The van der Waals surface area contributed by atoms with Crippen LogP contribution >= 0.6 is 11.8 Å². The van der Waals surface area contributed by atoms with Gasteiger partial charge in [0.15, 0.2) is 17.0 Å². The van der Waals surface area contributed by atoms with Crippen LogP contribution in [0.3, 0.4) is 0 Å². The van der Waals surface area contributed by atoms with Crippen LogP contribution in [0.4, 0.5) is 10.6 Å². The number of ether oxygens (including phenoxy) is 5. The number of anilines is 1. The summed E-state index contributed by atoms with van der Waals surface area (Å²) in [7, 11) is 3.25. The lowest BCUT2D eigenvalue weighted by Crippen LogP contribution is -2.38. The second kappa shape index (κ2) is 18.5. The lowest BCUT2D eigenvalue weighted by molar-refractivity contribution is -0.0931. The fourth-order valence-corrected chi connectivity index (χ4v) is 7.12. The maximum absolute atomic E-state index is 13.3. The maximum atomic E-state index is 13.3. The van der Waals surface area contributed by atoms with Crippen molar-refractivity contribution >= 4 is 40.7 Å². The van der Waals surface area contributed by atoms with Crippen molar-refractivity contribution in [1.29, 1.82) is 0 Å². The van der Waals surface area contributed by atoms with Gasteiger partial charge in [0.1, 0.15) is 42.4 Å². The molecule has 3 N–H and O–H groups in total. The van der Waals surface area contributed by atoms with Crippen LogP contribution in [0.1, 0.15) is 45.3 Å². The molecule has 7 rings (SSSR count). The van der Waals surface area contributed by atoms with Crippen molar-refractivity contribution in [2.45, 2.75) is 37.0 Å². The van der Waals surface area contributed by atoms with E-state index >= 15 is 0 Å². The Morgan fingerprint density at radius 2 is 1.53 bits per heavy atom. The number of nitrogens with zero attached hydrogens (tertiary/aromatic N) is 4. The minimum absolute atomic E-state index is 0.0324. The summed E-state index contributed by atoms with van der Waals surface area (Å²) in [5, 5.41) is 16.9. The average molecular weight is 805 g/mol. The van der Waals surface area contributed by atoms with Crippen molar-refractivity contribution in [2.24, 2.45) is 0 Å². The Bertz CT molecular complexity index is 2240. The quantitative estimate of drug-likeness (QED) is 0.0735. The second-order valence-corrected chi connectivity index (χ2v) is 14.4. The Kier molecular flexibility index (Phi) is 12.8. The number of aliphatic hydroxyl groups is 1. The minimum Gasteiger partial charge on any atom is -0.497 e. The molecule has 0 spiro atoms. The third-order valence-corrected chi connectivity index (χ3v) is 10.5. The highest BCUT2D eigenvalue weighted by Crippen LogP contribution is 2.43. The number of aliphatic hydroxyl groups excluding tert-OH is 1. The number of hydrogen-bond acceptors (Lipinski definition) is 12. The lowest BCUT2D eigenvalue weighted by atomic mass is 9.80. The molecule has 1 fully saturated rings. The molecule has 3 atom stereocenters.